The van der Waals surface area contributed by atoms with Crippen LogP contribution < -0.4 is 5.32 Å². The van der Waals surface area contributed by atoms with Crippen molar-refractivity contribution in [2.45, 2.75) is 45.8 Å². The van der Waals surface area contributed by atoms with Crippen LogP contribution >= 0.6 is 24.0 Å². The van der Waals surface area contributed by atoms with Gasteiger partial charge in [0.25, 0.3) is 0 Å². The molecule has 0 saturated carbocycles. The third-order valence-electron chi connectivity index (χ3n) is 2.58. The number of ether oxygens (including phenoxy) is 1. The van der Waals surface area contributed by atoms with E-state index in [4.69, 9.17) is 4.74 Å². The predicted octanol–water partition coefficient (Wildman–Crippen LogP) is 0.978. The van der Waals surface area contributed by atoms with Crippen molar-refractivity contribution in [3.63, 3.8) is 0 Å². The quantitative estimate of drug-likeness (QED) is 0.320. The highest BCUT2D eigenvalue weighted by atomic mass is 127. The summed E-state index contributed by atoms with van der Waals surface area (Å²) >= 11 is 0. The van der Waals surface area contributed by atoms with Crippen LogP contribution in [0.4, 0.5) is 0 Å². The second-order valence-corrected chi connectivity index (χ2v) is 5.65. The van der Waals surface area contributed by atoms with Gasteiger partial charge in [-0.1, -0.05) is 0 Å². The average Bonchev–Trinajstić information content (AvgIpc) is 2.68. The van der Waals surface area contributed by atoms with E-state index in [9.17, 15) is 9.90 Å². The zero-order valence-corrected chi connectivity index (χ0v) is 15.0. The summed E-state index contributed by atoms with van der Waals surface area (Å²) in [5.74, 6) is 0.313. The number of carbonyl (C=O) groups excluding carboxylic acids is 1. The average molecular weight is 399 g/mol. The van der Waals surface area contributed by atoms with Crippen LogP contribution in [-0.2, 0) is 9.53 Å². The summed E-state index contributed by atoms with van der Waals surface area (Å²) in [6.45, 7) is 9.48. The Morgan fingerprint density at radius 1 is 1.50 bits per heavy atom. The van der Waals surface area contributed by atoms with Crippen LogP contribution in [0.5, 0.6) is 0 Å². The fourth-order valence-corrected chi connectivity index (χ4v) is 1.87. The number of nitrogens with one attached hydrogen (secondary N) is 1. The van der Waals surface area contributed by atoms with Gasteiger partial charge < -0.3 is 20.1 Å². The Labute approximate surface area is 138 Å². The molecule has 0 aromatic rings. The minimum atomic E-state index is -0.491. The first kappa shape index (κ1) is 19.4. The predicted molar refractivity (Wildman–Crippen MR) is 89.4 cm³/mol. The van der Waals surface area contributed by atoms with Gasteiger partial charge >= 0.3 is 5.97 Å². The van der Waals surface area contributed by atoms with Crippen molar-refractivity contribution >= 4 is 35.9 Å². The van der Waals surface area contributed by atoms with Crippen LogP contribution in [0.2, 0.25) is 0 Å². The number of aliphatic imine (C=N–C) groups is 1. The van der Waals surface area contributed by atoms with E-state index >= 15 is 0 Å². The molecule has 1 saturated heterocycles. The van der Waals surface area contributed by atoms with E-state index < -0.39 is 5.60 Å². The van der Waals surface area contributed by atoms with Gasteiger partial charge in [0.15, 0.2) is 5.96 Å². The normalized spacial score (nSPS) is 19.6. The lowest BCUT2D eigenvalue weighted by atomic mass is 10.2. The van der Waals surface area contributed by atoms with Crippen LogP contribution in [0.3, 0.4) is 0 Å². The number of hydrogen-bond donors (Lipinski definition) is 2. The summed E-state index contributed by atoms with van der Waals surface area (Å²) in [5.41, 5.74) is -0.491. The Morgan fingerprint density at radius 2 is 2.15 bits per heavy atom. The molecule has 1 heterocycles. The highest BCUT2D eigenvalue weighted by molar-refractivity contribution is 14.0. The topological polar surface area (TPSA) is 74.2 Å². The largest absolute Gasteiger partial charge is 0.459 e. The molecule has 7 heteroatoms. The summed E-state index contributed by atoms with van der Waals surface area (Å²) < 4.78 is 5.21. The Kier molecular flexibility index (Phi) is 8.41. The summed E-state index contributed by atoms with van der Waals surface area (Å²) in [6.07, 6.45) is 0.419. The first-order valence-electron chi connectivity index (χ1n) is 6.75. The number of hydrogen-bond acceptors (Lipinski definition) is 4. The molecule has 0 unspecified atom stereocenters. The molecule has 0 bridgehead atoms. The zero-order chi connectivity index (χ0) is 14.5. The van der Waals surface area contributed by atoms with Crippen molar-refractivity contribution in [3.05, 3.63) is 0 Å². The molecule has 0 aromatic heterocycles. The molecule has 1 atom stereocenters. The lowest BCUT2D eigenvalue weighted by Crippen LogP contribution is -2.41. The van der Waals surface area contributed by atoms with Crippen molar-refractivity contribution in [2.24, 2.45) is 4.99 Å². The maximum Gasteiger partial charge on any atom is 0.328 e. The highest BCUT2D eigenvalue weighted by Crippen LogP contribution is 2.09. The Balaban J connectivity index is 0.00000361. The standard InChI is InChI=1S/C13H25N3O3.HI/c1-5-14-12(16-7-6-10(17)9-16)15-8-11(18)19-13(2,3)4;/h10,17H,5-9H2,1-4H3,(H,14,15);1H/t10-;/m1./s1. The number of carbonyl (C=O) groups is 1. The molecule has 6 nitrogen and oxygen atoms in total. The number of β-amino-alcohol motifs (C(OH)–C–C–N with tert-alkyl or cyclic N) is 1. The number of guanidine groups is 1. The Hall–Kier alpha value is -0.570. The van der Waals surface area contributed by atoms with E-state index in [-0.39, 0.29) is 42.6 Å². The van der Waals surface area contributed by atoms with Gasteiger partial charge in [-0.05, 0) is 34.1 Å². The van der Waals surface area contributed by atoms with E-state index in [0.717, 1.165) is 19.5 Å². The Bertz CT molecular complexity index is 342. The number of esters is 1. The van der Waals surface area contributed by atoms with Crippen molar-refractivity contribution in [1.29, 1.82) is 0 Å². The molecular weight excluding hydrogens is 373 g/mol. The first-order valence-corrected chi connectivity index (χ1v) is 6.75. The maximum atomic E-state index is 11.6. The van der Waals surface area contributed by atoms with Gasteiger partial charge in [0, 0.05) is 19.6 Å². The monoisotopic (exact) mass is 399 g/mol. The number of nitrogens with zero attached hydrogens (tertiary/aromatic N) is 2. The summed E-state index contributed by atoms with van der Waals surface area (Å²) in [7, 11) is 0. The van der Waals surface area contributed by atoms with E-state index in [2.05, 4.69) is 10.3 Å². The van der Waals surface area contributed by atoms with Crippen LogP contribution in [0.25, 0.3) is 0 Å². The highest BCUT2D eigenvalue weighted by Gasteiger charge is 2.23. The molecule has 1 aliphatic rings. The van der Waals surface area contributed by atoms with Crippen molar-refractivity contribution in [3.8, 4) is 0 Å². The Morgan fingerprint density at radius 3 is 2.60 bits per heavy atom. The van der Waals surface area contributed by atoms with Gasteiger partial charge in [0.05, 0.1) is 6.10 Å². The van der Waals surface area contributed by atoms with Gasteiger partial charge in [0.2, 0.25) is 0 Å². The van der Waals surface area contributed by atoms with Crippen LogP contribution in [0, 0.1) is 0 Å². The second-order valence-electron chi connectivity index (χ2n) is 5.65. The molecule has 20 heavy (non-hydrogen) atoms. The zero-order valence-electron chi connectivity index (χ0n) is 12.7. The third-order valence-corrected chi connectivity index (χ3v) is 2.58. The van der Waals surface area contributed by atoms with Crippen molar-refractivity contribution < 1.29 is 14.6 Å². The fraction of sp³-hybridized carbons (Fsp3) is 0.846. The second kappa shape index (κ2) is 8.66. The minimum Gasteiger partial charge on any atom is -0.459 e. The van der Waals surface area contributed by atoms with Gasteiger partial charge in [-0.2, -0.15) is 0 Å². The molecule has 1 fully saturated rings. The van der Waals surface area contributed by atoms with Crippen molar-refractivity contribution in [2.75, 3.05) is 26.2 Å². The molecule has 2 N–H and O–H groups in total. The number of likely N-dealkylation sites (tertiary alicyclic amines) is 1. The maximum absolute atomic E-state index is 11.6. The summed E-state index contributed by atoms with van der Waals surface area (Å²) in [6, 6.07) is 0. The minimum absolute atomic E-state index is 0. The molecule has 0 amide bonds. The molecule has 1 aliphatic heterocycles. The van der Waals surface area contributed by atoms with E-state index in [1.807, 2.05) is 32.6 Å². The smallest absolute Gasteiger partial charge is 0.328 e. The number of aliphatic hydroxyl groups is 1. The molecule has 118 valence electrons. The summed E-state index contributed by atoms with van der Waals surface area (Å²) in [4.78, 5) is 17.8. The van der Waals surface area contributed by atoms with Gasteiger partial charge in [0.1, 0.15) is 12.1 Å². The summed E-state index contributed by atoms with van der Waals surface area (Å²) in [5, 5.41) is 12.7. The van der Waals surface area contributed by atoms with Crippen molar-refractivity contribution in [1.82, 2.24) is 10.2 Å². The molecule has 1 rings (SSSR count). The molecule has 0 aliphatic carbocycles. The van der Waals surface area contributed by atoms with E-state index in [0.29, 0.717) is 12.5 Å². The van der Waals surface area contributed by atoms with Gasteiger partial charge in [-0.15, -0.1) is 24.0 Å². The van der Waals surface area contributed by atoms with E-state index in [1.54, 1.807) is 0 Å². The van der Waals surface area contributed by atoms with Crippen LogP contribution in [-0.4, -0.2) is 59.8 Å². The molecule has 0 aromatic carbocycles. The number of halogens is 1. The van der Waals surface area contributed by atoms with Crippen LogP contribution in [0.1, 0.15) is 34.1 Å². The SMILES string of the molecule is CCNC(=NCC(=O)OC(C)(C)C)N1CC[C@@H](O)C1.I. The number of aliphatic hydroxyl groups excluding tert-OH is 1. The third kappa shape index (κ3) is 7.28. The molecule has 0 radical (unpaired) electrons. The van der Waals surface area contributed by atoms with E-state index in [1.165, 1.54) is 0 Å². The number of rotatable bonds is 3. The first-order chi connectivity index (χ1) is 8.81. The lowest BCUT2D eigenvalue weighted by Gasteiger charge is -2.22. The molecular formula is C13H26IN3O3. The molecule has 0 spiro atoms. The fourth-order valence-electron chi connectivity index (χ4n) is 1.87. The van der Waals surface area contributed by atoms with Crippen LogP contribution in [0.15, 0.2) is 4.99 Å². The van der Waals surface area contributed by atoms with Gasteiger partial charge in [-0.25, -0.2) is 4.99 Å². The van der Waals surface area contributed by atoms with Gasteiger partial charge in [-0.3, -0.25) is 4.79 Å². The lowest BCUT2D eigenvalue weighted by molar-refractivity contribution is -0.152.